The summed E-state index contributed by atoms with van der Waals surface area (Å²) >= 11 is 0. The Hall–Kier alpha value is -2.84. The number of benzene rings is 1. The topological polar surface area (TPSA) is 71.5 Å². The molecule has 0 spiro atoms. The minimum Gasteiger partial charge on any atom is -0.496 e. The third-order valence-electron chi connectivity index (χ3n) is 2.66. The SMILES string of the molecule is COc1ccccc1C(=O)Nc1cc(C#CCO)ccn1. The van der Waals surface area contributed by atoms with E-state index in [0.29, 0.717) is 22.7 Å². The van der Waals surface area contributed by atoms with Gasteiger partial charge in [0.25, 0.3) is 5.91 Å². The monoisotopic (exact) mass is 282 g/mol. The average molecular weight is 282 g/mol. The van der Waals surface area contributed by atoms with Gasteiger partial charge in [-0.3, -0.25) is 4.79 Å². The quantitative estimate of drug-likeness (QED) is 0.840. The first kappa shape index (κ1) is 14.6. The molecule has 0 fully saturated rings. The molecule has 1 heterocycles. The number of nitrogens with one attached hydrogen (secondary N) is 1. The molecule has 1 aromatic carbocycles. The second-order valence-electron chi connectivity index (χ2n) is 4.04. The van der Waals surface area contributed by atoms with Crippen molar-refractivity contribution in [3.05, 3.63) is 53.7 Å². The van der Waals surface area contributed by atoms with Crippen molar-refractivity contribution in [1.29, 1.82) is 0 Å². The molecule has 0 saturated heterocycles. The molecule has 1 amide bonds. The van der Waals surface area contributed by atoms with Gasteiger partial charge in [-0.05, 0) is 24.3 Å². The first-order valence-electron chi connectivity index (χ1n) is 6.24. The second-order valence-corrected chi connectivity index (χ2v) is 4.04. The van der Waals surface area contributed by atoms with Crippen molar-refractivity contribution in [2.45, 2.75) is 0 Å². The average Bonchev–Trinajstić information content (AvgIpc) is 2.53. The highest BCUT2D eigenvalue weighted by Gasteiger charge is 2.12. The summed E-state index contributed by atoms with van der Waals surface area (Å²) in [5.74, 6) is 5.86. The largest absolute Gasteiger partial charge is 0.496 e. The van der Waals surface area contributed by atoms with Crippen LogP contribution in [0.1, 0.15) is 15.9 Å². The minimum atomic E-state index is -0.313. The number of carbonyl (C=O) groups is 1. The third-order valence-corrected chi connectivity index (χ3v) is 2.66. The van der Waals surface area contributed by atoms with Crippen LogP contribution in [0.4, 0.5) is 5.82 Å². The molecular weight excluding hydrogens is 268 g/mol. The maximum Gasteiger partial charge on any atom is 0.260 e. The van der Waals surface area contributed by atoms with Crippen molar-refractivity contribution in [2.24, 2.45) is 0 Å². The van der Waals surface area contributed by atoms with E-state index in [1.807, 2.05) is 0 Å². The van der Waals surface area contributed by atoms with Gasteiger partial charge in [0, 0.05) is 11.8 Å². The van der Waals surface area contributed by atoms with E-state index in [4.69, 9.17) is 9.84 Å². The number of nitrogens with zero attached hydrogens (tertiary/aromatic N) is 1. The number of carbonyl (C=O) groups excluding carboxylic acids is 1. The molecule has 21 heavy (non-hydrogen) atoms. The van der Waals surface area contributed by atoms with Gasteiger partial charge in [-0.2, -0.15) is 0 Å². The summed E-state index contributed by atoms with van der Waals surface area (Å²) < 4.78 is 5.15. The number of aromatic nitrogens is 1. The number of methoxy groups -OCH3 is 1. The Balaban J connectivity index is 2.20. The molecule has 0 aliphatic heterocycles. The Labute approximate surface area is 122 Å². The van der Waals surface area contributed by atoms with Gasteiger partial charge in [0.2, 0.25) is 0 Å². The van der Waals surface area contributed by atoms with E-state index in [1.54, 1.807) is 42.6 Å². The van der Waals surface area contributed by atoms with Crippen molar-refractivity contribution >= 4 is 11.7 Å². The van der Waals surface area contributed by atoms with Crippen LogP contribution in [0, 0.1) is 11.8 Å². The highest BCUT2D eigenvalue weighted by Crippen LogP contribution is 2.18. The summed E-state index contributed by atoms with van der Waals surface area (Å²) in [5, 5.41) is 11.4. The maximum atomic E-state index is 12.2. The van der Waals surface area contributed by atoms with Gasteiger partial charge < -0.3 is 15.2 Å². The molecule has 106 valence electrons. The van der Waals surface area contributed by atoms with E-state index in [0.717, 1.165) is 0 Å². The van der Waals surface area contributed by atoms with Gasteiger partial charge in [0.05, 0.1) is 12.7 Å². The standard InChI is InChI=1S/C16H14N2O3/c1-21-14-7-3-2-6-13(14)16(20)18-15-11-12(5-4-10-19)8-9-17-15/h2-3,6-9,11,19H,10H2,1H3,(H,17,18,20). The van der Waals surface area contributed by atoms with Gasteiger partial charge in [-0.15, -0.1) is 0 Å². The van der Waals surface area contributed by atoms with Crippen LogP contribution in [0.25, 0.3) is 0 Å². The van der Waals surface area contributed by atoms with Gasteiger partial charge in [-0.25, -0.2) is 4.98 Å². The van der Waals surface area contributed by atoms with Gasteiger partial charge in [0.1, 0.15) is 18.2 Å². The lowest BCUT2D eigenvalue weighted by Gasteiger charge is -2.08. The highest BCUT2D eigenvalue weighted by atomic mass is 16.5. The molecule has 2 rings (SSSR count). The number of anilines is 1. The van der Waals surface area contributed by atoms with Gasteiger partial charge in [-0.1, -0.05) is 24.0 Å². The number of pyridine rings is 1. The molecule has 2 N–H and O–H groups in total. The first-order chi connectivity index (χ1) is 10.2. The van der Waals surface area contributed by atoms with E-state index < -0.39 is 0 Å². The van der Waals surface area contributed by atoms with E-state index in [2.05, 4.69) is 22.1 Å². The molecule has 0 aliphatic carbocycles. The number of aliphatic hydroxyl groups excluding tert-OH is 1. The van der Waals surface area contributed by atoms with Crippen molar-refractivity contribution in [1.82, 2.24) is 4.98 Å². The number of rotatable bonds is 3. The fourth-order valence-corrected chi connectivity index (χ4v) is 1.73. The molecular formula is C16H14N2O3. The van der Waals surface area contributed by atoms with Crippen LogP contribution in [-0.2, 0) is 0 Å². The lowest BCUT2D eigenvalue weighted by atomic mass is 10.2. The van der Waals surface area contributed by atoms with Crippen LogP contribution < -0.4 is 10.1 Å². The van der Waals surface area contributed by atoms with Gasteiger partial charge in [0.15, 0.2) is 0 Å². The predicted octanol–water partition coefficient (Wildman–Crippen LogP) is 1.69. The first-order valence-corrected chi connectivity index (χ1v) is 6.24. The van der Waals surface area contributed by atoms with Crippen molar-refractivity contribution in [3.63, 3.8) is 0 Å². The number of para-hydroxylation sites is 1. The molecule has 5 heteroatoms. The Morgan fingerprint density at radius 2 is 2.19 bits per heavy atom. The zero-order valence-electron chi connectivity index (χ0n) is 11.5. The number of amides is 1. The Morgan fingerprint density at radius 1 is 1.38 bits per heavy atom. The Kier molecular flexibility index (Phi) is 4.91. The van der Waals surface area contributed by atoms with Gasteiger partial charge >= 0.3 is 0 Å². The molecule has 0 saturated carbocycles. The van der Waals surface area contributed by atoms with E-state index in [1.165, 1.54) is 7.11 Å². The molecule has 0 bridgehead atoms. The molecule has 5 nitrogen and oxygen atoms in total. The van der Waals surface area contributed by atoms with Crippen LogP contribution in [0.15, 0.2) is 42.6 Å². The Morgan fingerprint density at radius 3 is 2.95 bits per heavy atom. The fraction of sp³-hybridized carbons (Fsp3) is 0.125. The van der Waals surface area contributed by atoms with E-state index >= 15 is 0 Å². The predicted molar refractivity (Wildman–Crippen MR) is 79.1 cm³/mol. The summed E-state index contributed by atoms with van der Waals surface area (Å²) in [6.07, 6.45) is 1.54. The maximum absolute atomic E-state index is 12.2. The lowest BCUT2D eigenvalue weighted by molar-refractivity contribution is 0.102. The van der Waals surface area contributed by atoms with Crippen molar-refractivity contribution in [3.8, 4) is 17.6 Å². The smallest absolute Gasteiger partial charge is 0.260 e. The fourth-order valence-electron chi connectivity index (χ4n) is 1.73. The normalized spacial score (nSPS) is 9.43. The van der Waals surface area contributed by atoms with Crippen LogP contribution in [0.2, 0.25) is 0 Å². The van der Waals surface area contributed by atoms with Crippen LogP contribution >= 0.6 is 0 Å². The van der Waals surface area contributed by atoms with Crippen LogP contribution in [-0.4, -0.2) is 29.7 Å². The molecule has 0 atom stereocenters. The van der Waals surface area contributed by atoms with Crippen LogP contribution in [0.5, 0.6) is 5.75 Å². The zero-order chi connectivity index (χ0) is 15.1. The van der Waals surface area contributed by atoms with Crippen LogP contribution in [0.3, 0.4) is 0 Å². The van der Waals surface area contributed by atoms with Crippen molar-refractivity contribution in [2.75, 3.05) is 19.0 Å². The zero-order valence-corrected chi connectivity index (χ0v) is 11.5. The lowest BCUT2D eigenvalue weighted by Crippen LogP contribution is -2.14. The Bertz CT molecular complexity index is 702. The number of hydrogen-bond donors (Lipinski definition) is 2. The summed E-state index contributed by atoms with van der Waals surface area (Å²) in [6, 6.07) is 10.3. The molecule has 2 aromatic rings. The molecule has 1 aromatic heterocycles. The van der Waals surface area contributed by atoms with Crippen molar-refractivity contribution < 1.29 is 14.6 Å². The van der Waals surface area contributed by atoms with E-state index in [9.17, 15) is 4.79 Å². The molecule has 0 unspecified atom stereocenters. The second kappa shape index (κ2) is 7.08. The van der Waals surface area contributed by atoms with E-state index in [-0.39, 0.29) is 12.5 Å². The summed E-state index contributed by atoms with van der Waals surface area (Å²) in [5.41, 5.74) is 1.09. The summed E-state index contributed by atoms with van der Waals surface area (Å²) in [4.78, 5) is 16.3. The number of aliphatic hydroxyl groups is 1. The number of hydrogen-bond acceptors (Lipinski definition) is 4. The minimum absolute atomic E-state index is 0.217. The third kappa shape index (κ3) is 3.81. The molecule has 0 aliphatic rings. The number of ether oxygens (including phenoxy) is 1. The summed E-state index contributed by atoms with van der Waals surface area (Å²) in [6.45, 7) is -0.217. The highest BCUT2D eigenvalue weighted by molar-refractivity contribution is 6.05. The molecule has 0 radical (unpaired) electrons. The summed E-state index contributed by atoms with van der Waals surface area (Å²) in [7, 11) is 1.51.